The van der Waals surface area contributed by atoms with Crippen molar-refractivity contribution in [1.29, 1.82) is 0 Å². The Hall–Kier alpha value is -6.71. The number of amides is 3. The van der Waals surface area contributed by atoms with Crippen LogP contribution in [0.3, 0.4) is 0 Å². The summed E-state index contributed by atoms with van der Waals surface area (Å²) in [5.41, 5.74) is 10.2. The van der Waals surface area contributed by atoms with E-state index in [0.29, 0.717) is 25.9 Å². The Balaban J connectivity index is 0.804. The molecule has 2 aliphatic carbocycles. The largest absolute Gasteiger partial charge is 0.436 e. The second-order valence-corrected chi connectivity index (χ2v) is 15.4. The van der Waals surface area contributed by atoms with Gasteiger partial charge in [0.15, 0.2) is 12.2 Å². The molecule has 2 aliphatic rings. The van der Waals surface area contributed by atoms with Crippen LogP contribution in [0.4, 0.5) is 9.59 Å². The first-order chi connectivity index (χ1) is 29.5. The van der Waals surface area contributed by atoms with Crippen molar-refractivity contribution in [3.8, 4) is 22.3 Å². The van der Waals surface area contributed by atoms with Crippen LogP contribution < -0.4 is 21.3 Å². The standard InChI is InChI=1S/C51H50N4O5/c56-49(46(33-36-20-6-2-7-21-36)55-51(58)60-48-44-28-14-10-24-40(44)41-25-11-15-29-45(41)48)53-31-17-3-16-30-52-34-37(32-35-18-4-1-5-19-35)54-50(57)59-47-42-26-12-8-22-38(42)39-23-9-13-27-43(39)47/h1-2,4-15,18-29,37,46-48,52H,3,16-17,30-34H2,(H,53,56)(H,54,57)(H,55,58). The summed E-state index contributed by atoms with van der Waals surface area (Å²) < 4.78 is 12.1. The highest BCUT2D eigenvalue weighted by Gasteiger charge is 2.33. The van der Waals surface area contributed by atoms with Crippen molar-refractivity contribution in [2.45, 2.75) is 56.4 Å². The van der Waals surface area contributed by atoms with Crippen molar-refractivity contribution in [2.75, 3.05) is 19.6 Å². The lowest BCUT2D eigenvalue weighted by molar-refractivity contribution is -0.123. The van der Waals surface area contributed by atoms with Gasteiger partial charge in [0.1, 0.15) is 6.04 Å². The molecule has 0 fully saturated rings. The number of hydrogen-bond donors (Lipinski definition) is 4. The Morgan fingerprint density at radius 1 is 0.467 bits per heavy atom. The van der Waals surface area contributed by atoms with Crippen LogP contribution in [0.25, 0.3) is 22.3 Å². The van der Waals surface area contributed by atoms with Crippen LogP contribution in [0.15, 0.2) is 158 Å². The number of nitrogens with one attached hydrogen (secondary N) is 4. The normalized spacial score (nSPS) is 13.5. The summed E-state index contributed by atoms with van der Waals surface area (Å²) in [5, 5.41) is 12.6. The average molecular weight is 799 g/mol. The molecule has 60 heavy (non-hydrogen) atoms. The van der Waals surface area contributed by atoms with Crippen molar-refractivity contribution in [1.82, 2.24) is 21.3 Å². The Kier molecular flexibility index (Phi) is 12.9. The van der Waals surface area contributed by atoms with E-state index in [1.54, 1.807) is 0 Å². The quantitative estimate of drug-likeness (QED) is 0.0685. The van der Waals surface area contributed by atoms with Gasteiger partial charge in [0.05, 0.1) is 0 Å². The zero-order valence-corrected chi connectivity index (χ0v) is 33.5. The molecule has 6 aromatic carbocycles. The van der Waals surface area contributed by atoms with Crippen LogP contribution in [0.2, 0.25) is 0 Å². The van der Waals surface area contributed by atoms with Crippen molar-refractivity contribution in [3.05, 3.63) is 191 Å². The zero-order valence-electron chi connectivity index (χ0n) is 33.5. The molecule has 0 heterocycles. The maximum Gasteiger partial charge on any atom is 0.408 e. The molecular formula is C51H50N4O5. The van der Waals surface area contributed by atoms with Crippen molar-refractivity contribution in [3.63, 3.8) is 0 Å². The Labute approximate surface area is 351 Å². The molecule has 0 spiro atoms. The molecule has 3 amide bonds. The van der Waals surface area contributed by atoms with E-state index in [1.165, 1.54) is 0 Å². The molecule has 0 saturated heterocycles. The summed E-state index contributed by atoms with van der Waals surface area (Å²) in [7, 11) is 0. The molecular weight excluding hydrogens is 749 g/mol. The Morgan fingerprint density at radius 2 is 0.883 bits per heavy atom. The molecule has 8 rings (SSSR count). The number of alkyl carbamates (subject to hydrolysis) is 2. The summed E-state index contributed by atoms with van der Waals surface area (Å²) in [4.78, 5) is 40.4. The number of benzene rings is 6. The average Bonchev–Trinajstić information content (AvgIpc) is 3.76. The van der Waals surface area contributed by atoms with Crippen molar-refractivity contribution >= 4 is 18.1 Å². The fourth-order valence-corrected chi connectivity index (χ4v) is 8.36. The number of ether oxygens (including phenoxy) is 2. The van der Waals surface area contributed by atoms with E-state index in [4.69, 9.17) is 9.47 Å². The molecule has 0 radical (unpaired) electrons. The zero-order chi connectivity index (χ0) is 41.1. The predicted octanol–water partition coefficient (Wildman–Crippen LogP) is 9.08. The van der Waals surface area contributed by atoms with Gasteiger partial charge in [0, 0.05) is 47.8 Å². The van der Waals surface area contributed by atoms with E-state index in [1.807, 2.05) is 133 Å². The highest BCUT2D eigenvalue weighted by Crippen LogP contribution is 2.46. The molecule has 2 unspecified atom stereocenters. The molecule has 304 valence electrons. The monoisotopic (exact) mass is 798 g/mol. The van der Waals surface area contributed by atoms with E-state index in [0.717, 1.165) is 81.4 Å². The highest BCUT2D eigenvalue weighted by atomic mass is 16.6. The fourth-order valence-electron chi connectivity index (χ4n) is 8.36. The number of fused-ring (bicyclic) bond motifs is 6. The summed E-state index contributed by atoms with van der Waals surface area (Å²) in [6.45, 7) is 1.79. The van der Waals surface area contributed by atoms with Gasteiger partial charge >= 0.3 is 12.2 Å². The van der Waals surface area contributed by atoms with E-state index < -0.39 is 30.4 Å². The molecule has 9 nitrogen and oxygen atoms in total. The van der Waals surface area contributed by atoms with Crippen LogP contribution in [-0.2, 0) is 27.1 Å². The minimum Gasteiger partial charge on any atom is -0.436 e. The lowest BCUT2D eigenvalue weighted by Gasteiger charge is -2.22. The maximum atomic E-state index is 13.6. The Bertz CT molecular complexity index is 2310. The van der Waals surface area contributed by atoms with Gasteiger partial charge in [-0.2, -0.15) is 0 Å². The molecule has 4 N–H and O–H groups in total. The molecule has 0 aromatic heterocycles. The SMILES string of the molecule is O=C(NC(CNCCCCCNC(=O)C(Cc1ccccc1)NC(=O)OC1c2ccccc2-c2ccccc21)Cc1ccccc1)OC1c2ccccc2-c2ccccc21. The summed E-state index contributed by atoms with van der Waals surface area (Å²) in [6.07, 6.45) is 1.41. The summed E-state index contributed by atoms with van der Waals surface area (Å²) in [5.74, 6) is -0.257. The number of carbonyl (C=O) groups is 3. The van der Waals surface area contributed by atoms with Crippen molar-refractivity contribution < 1.29 is 23.9 Å². The Morgan fingerprint density at radius 3 is 1.38 bits per heavy atom. The first-order valence-electron chi connectivity index (χ1n) is 20.9. The van der Waals surface area contributed by atoms with Crippen LogP contribution >= 0.6 is 0 Å². The number of rotatable bonds is 17. The van der Waals surface area contributed by atoms with Gasteiger partial charge in [-0.1, -0.05) is 164 Å². The van der Waals surface area contributed by atoms with Crippen LogP contribution in [0, 0.1) is 0 Å². The first-order valence-corrected chi connectivity index (χ1v) is 20.9. The maximum absolute atomic E-state index is 13.6. The summed E-state index contributed by atoms with van der Waals surface area (Å²) >= 11 is 0. The predicted molar refractivity (Wildman–Crippen MR) is 234 cm³/mol. The van der Waals surface area contributed by atoms with Gasteiger partial charge < -0.3 is 30.7 Å². The van der Waals surface area contributed by atoms with Gasteiger partial charge in [0.25, 0.3) is 0 Å². The number of unbranched alkanes of at least 4 members (excludes halogenated alkanes) is 2. The molecule has 0 bridgehead atoms. The lowest BCUT2D eigenvalue weighted by atomic mass is 10.1. The smallest absolute Gasteiger partial charge is 0.408 e. The highest BCUT2D eigenvalue weighted by molar-refractivity contribution is 5.86. The van der Waals surface area contributed by atoms with Gasteiger partial charge in [-0.05, 0) is 59.2 Å². The molecule has 0 aliphatic heterocycles. The van der Waals surface area contributed by atoms with E-state index in [2.05, 4.69) is 45.5 Å². The topological polar surface area (TPSA) is 118 Å². The van der Waals surface area contributed by atoms with Crippen LogP contribution in [0.5, 0.6) is 0 Å². The number of carbonyl (C=O) groups excluding carboxylic acids is 3. The van der Waals surface area contributed by atoms with Gasteiger partial charge in [-0.15, -0.1) is 0 Å². The summed E-state index contributed by atoms with van der Waals surface area (Å²) in [6, 6.07) is 50.8. The minimum atomic E-state index is -0.813. The third kappa shape index (κ3) is 9.59. The van der Waals surface area contributed by atoms with Gasteiger partial charge in [-0.3, -0.25) is 4.79 Å². The number of hydrogen-bond acceptors (Lipinski definition) is 6. The second kappa shape index (κ2) is 19.4. The van der Waals surface area contributed by atoms with E-state index in [-0.39, 0.29) is 11.9 Å². The van der Waals surface area contributed by atoms with Crippen molar-refractivity contribution in [2.24, 2.45) is 0 Å². The molecule has 9 heteroatoms. The third-order valence-electron chi connectivity index (χ3n) is 11.3. The van der Waals surface area contributed by atoms with Gasteiger partial charge in [0.2, 0.25) is 5.91 Å². The second-order valence-electron chi connectivity index (χ2n) is 15.4. The third-order valence-corrected chi connectivity index (χ3v) is 11.3. The first kappa shape index (κ1) is 40.1. The lowest BCUT2D eigenvalue weighted by Crippen LogP contribution is -2.48. The molecule has 6 aromatic rings. The minimum absolute atomic E-state index is 0.190. The molecule has 0 saturated carbocycles. The van der Waals surface area contributed by atoms with Crippen LogP contribution in [-0.4, -0.2) is 49.8 Å². The molecule has 2 atom stereocenters. The van der Waals surface area contributed by atoms with Crippen LogP contribution in [0.1, 0.15) is 64.9 Å². The van der Waals surface area contributed by atoms with E-state index in [9.17, 15) is 14.4 Å². The van der Waals surface area contributed by atoms with E-state index >= 15 is 0 Å². The fraction of sp³-hybridized carbons (Fsp3) is 0.235. The van der Waals surface area contributed by atoms with Gasteiger partial charge in [-0.25, -0.2) is 9.59 Å².